The Morgan fingerprint density at radius 1 is 0.929 bits per heavy atom. The molecule has 28 heavy (non-hydrogen) atoms. The SMILES string of the molecule is Cc1cnc(-c2ccc(Cl)cc2Cl)n1-c1ccc(OCc2ccccc2)cc1. The third kappa shape index (κ3) is 3.91. The van der Waals surface area contributed by atoms with Gasteiger partial charge in [-0.3, -0.25) is 4.57 Å². The van der Waals surface area contributed by atoms with E-state index in [1.54, 1.807) is 6.07 Å². The molecule has 3 nitrogen and oxygen atoms in total. The zero-order valence-electron chi connectivity index (χ0n) is 15.3. The molecule has 0 bridgehead atoms. The molecule has 4 aromatic rings. The number of nitrogens with zero attached hydrogens (tertiary/aromatic N) is 2. The minimum Gasteiger partial charge on any atom is -0.489 e. The van der Waals surface area contributed by atoms with Crippen molar-refractivity contribution in [2.24, 2.45) is 0 Å². The molecule has 0 atom stereocenters. The second-order valence-electron chi connectivity index (χ2n) is 6.45. The maximum Gasteiger partial charge on any atom is 0.146 e. The van der Waals surface area contributed by atoms with E-state index in [0.717, 1.165) is 34.1 Å². The second-order valence-corrected chi connectivity index (χ2v) is 7.29. The Morgan fingerprint density at radius 3 is 2.39 bits per heavy atom. The van der Waals surface area contributed by atoms with Crippen LogP contribution < -0.4 is 4.74 Å². The van der Waals surface area contributed by atoms with Crippen LogP contribution in [0.2, 0.25) is 10.0 Å². The van der Waals surface area contributed by atoms with E-state index < -0.39 is 0 Å². The van der Waals surface area contributed by atoms with Gasteiger partial charge in [-0.25, -0.2) is 4.98 Å². The lowest BCUT2D eigenvalue weighted by molar-refractivity contribution is 0.306. The average Bonchev–Trinajstić information content (AvgIpc) is 3.09. The van der Waals surface area contributed by atoms with Crippen LogP contribution in [0.4, 0.5) is 0 Å². The predicted molar refractivity (Wildman–Crippen MR) is 115 cm³/mol. The number of aryl methyl sites for hydroxylation is 1. The van der Waals surface area contributed by atoms with Crippen LogP contribution in [0.25, 0.3) is 17.1 Å². The number of hydrogen-bond acceptors (Lipinski definition) is 2. The van der Waals surface area contributed by atoms with Gasteiger partial charge in [-0.2, -0.15) is 0 Å². The number of aromatic nitrogens is 2. The van der Waals surface area contributed by atoms with Gasteiger partial charge in [0.15, 0.2) is 0 Å². The van der Waals surface area contributed by atoms with Crippen LogP contribution in [0.1, 0.15) is 11.3 Å². The van der Waals surface area contributed by atoms with Crippen LogP contribution in [0.5, 0.6) is 5.75 Å². The van der Waals surface area contributed by atoms with Crippen molar-refractivity contribution in [3.8, 4) is 22.8 Å². The normalized spacial score (nSPS) is 10.8. The highest BCUT2D eigenvalue weighted by atomic mass is 35.5. The number of ether oxygens (including phenoxy) is 1. The zero-order chi connectivity index (χ0) is 19.5. The van der Waals surface area contributed by atoms with Crippen LogP contribution in [-0.2, 0) is 6.61 Å². The van der Waals surface area contributed by atoms with E-state index in [0.29, 0.717) is 16.7 Å². The Morgan fingerprint density at radius 2 is 1.68 bits per heavy atom. The van der Waals surface area contributed by atoms with E-state index in [9.17, 15) is 0 Å². The van der Waals surface area contributed by atoms with E-state index in [1.807, 2.05) is 79.9 Å². The number of benzene rings is 3. The van der Waals surface area contributed by atoms with Crippen LogP contribution in [0.3, 0.4) is 0 Å². The van der Waals surface area contributed by atoms with Crippen LogP contribution in [0, 0.1) is 6.92 Å². The maximum absolute atomic E-state index is 6.40. The Labute approximate surface area is 174 Å². The van der Waals surface area contributed by atoms with Crippen LogP contribution >= 0.6 is 23.2 Å². The molecule has 0 saturated heterocycles. The Bertz CT molecular complexity index is 1090. The zero-order valence-corrected chi connectivity index (χ0v) is 16.8. The van der Waals surface area contributed by atoms with Gasteiger partial charge in [-0.1, -0.05) is 53.5 Å². The van der Waals surface area contributed by atoms with Crippen molar-refractivity contribution >= 4 is 23.2 Å². The first-order valence-corrected chi connectivity index (χ1v) is 9.64. The van der Waals surface area contributed by atoms with Crippen molar-refractivity contribution in [1.29, 1.82) is 0 Å². The highest BCUT2D eigenvalue weighted by Gasteiger charge is 2.14. The summed E-state index contributed by atoms with van der Waals surface area (Å²) in [5.41, 5.74) is 3.97. The Balaban J connectivity index is 1.60. The molecular weight excluding hydrogens is 391 g/mol. The molecule has 0 saturated carbocycles. The van der Waals surface area contributed by atoms with Gasteiger partial charge in [0.1, 0.15) is 18.2 Å². The molecule has 0 N–H and O–H groups in total. The lowest BCUT2D eigenvalue weighted by Gasteiger charge is -2.13. The number of halogens is 2. The highest BCUT2D eigenvalue weighted by molar-refractivity contribution is 6.36. The highest BCUT2D eigenvalue weighted by Crippen LogP contribution is 2.32. The quantitative estimate of drug-likeness (QED) is 0.365. The Kier molecular flexibility index (Phi) is 5.38. The summed E-state index contributed by atoms with van der Waals surface area (Å²) in [5, 5.41) is 1.17. The number of hydrogen-bond donors (Lipinski definition) is 0. The summed E-state index contributed by atoms with van der Waals surface area (Å²) < 4.78 is 7.95. The fraction of sp³-hybridized carbons (Fsp3) is 0.0870. The van der Waals surface area contributed by atoms with Gasteiger partial charge in [0.05, 0.1) is 5.02 Å². The lowest BCUT2D eigenvalue weighted by atomic mass is 10.2. The molecule has 0 aliphatic carbocycles. The van der Waals surface area contributed by atoms with Gasteiger partial charge >= 0.3 is 0 Å². The third-order valence-electron chi connectivity index (χ3n) is 4.45. The monoisotopic (exact) mass is 408 g/mol. The van der Waals surface area contributed by atoms with Gasteiger partial charge in [0, 0.05) is 28.2 Å². The molecule has 0 aliphatic heterocycles. The number of rotatable bonds is 5. The van der Waals surface area contributed by atoms with E-state index in [1.165, 1.54) is 0 Å². The number of imidazole rings is 1. The van der Waals surface area contributed by atoms with Crippen molar-refractivity contribution in [2.75, 3.05) is 0 Å². The molecule has 5 heteroatoms. The predicted octanol–water partition coefficient (Wildman–Crippen LogP) is 6.73. The van der Waals surface area contributed by atoms with Crippen molar-refractivity contribution in [3.63, 3.8) is 0 Å². The fourth-order valence-corrected chi connectivity index (χ4v) is 3.55. The van der Waals surface area contributed by atoms with Crippen LogP contribution in [-0.4, -0.2) is 9.55 Å². The molecule has 1 heterocycles. The van der Waals surface area contributed by atoms with Crippen LogP contribution in [0.15, 0.2) is 79.0 Å². The molecule has 0 unspecified atom stereocenters. The first-order valence-electron chi connectivity index (χ1n) is 8.89. The summed E-state index contributed by atoms with van der Waals surface area (Å²) in [6.07, 6.45) is 1.83. The van der Waals surface area contributed by atoms with E-state index in [2.05, 4.69) is 9.55 Å². The molecule has 0 radical (unpaired) electrons. The van der Waals surface area contributed by atoms with E-state index in [-0.39, 0.29) is 0 Å². The van der Waals surface area contributed by atoms with Gasteiger partial charge in [0.2, 0.25) is 0 Å². The van der Waals surface area contributed by atoms with E-state index in [4.69, 9.17) is 27.9 Å². The summed E-state index contributed by atoms with van der Waals surface area (Å²) >= 11 is 12.4. The minimum atomic E-state index is 0.538. The summed E-state index contributed by atoms with van der Waals surface area (Å²) in [6.45, 7) is 2.55. The molecule has 0 spiro atoms. The summed E-state index contributed by atoms with van der Waals surface area (Å²) in [6, 6.07) is 23.5. The molecule has 0 fully saturated rings. The molecule has 1 aromatic heterocycles. The first-order chi connectivity index (χ1) is 13.6. The van der Waals surface area contributed by atoms with E-state index >= 15 is 0 Å². The molecule has 0 amide bonds. The molecule has 4 rings (SSSR count). The van der Waals surface area contributed by atoms with Gasteiger partial charge in [-0.15, -0.1) is 0 Å². The first kappa shape index (κ1) is 18.6. The molecule has 140 valence electrons. The van der Waals surface area contributed by atoms with Crippen molar-refractivity contribution in [3.05, 3.63) is 100 Å². The summed E-state index contributed by atoms with van der Waals surface area (Å²) in [5.74, 6) is 1.59. The third-order valence-corrected chi connectivity index (χ3v) is 5.00. The Hall–Kier alpha value is -2.75. The maximum atomic E-state index is 6.40. The van der Waals surface area contributed by atoms with Gasteiger partial charge < -0.3 is 4.74 Å². The smallest absolute Gasteiger partial charge is 0.146 e. The lowest BCUT2D eigenvalue weighted by Crippen LogP contribution is -2.01. The van der Waals surface area contributed by atoms with Gasteiger partial charge in [0.25, 0.3) is 0 Å². The standard InChI is InChI=1S/C23H18Cl2N2O/c1-16-14-26-23(21-12-7-18(24)13-22(21)25)27(16)19-8-10-20(11-9-19)28-15-17-5-3-2-4-6-17/h2-14H,15H2,1H3. The molecular formula is C23H18Cl2N2O. The largest absolute Gasteiger partial charge is 0.489 e. The topological polar surface area (TPSA) is 27.1 Å². The average molecular weight is 409 g/mol. The van der Waals surface area contributed by atoms with Crippen molar-refractivity contribution < 1.29 is 4.74 Å². The summed E-state index contributed by atoms with van der Waals surface area (Å²) in [4.78, 5) is 4.56. The second kappa shape index (κ2) is 8.09. The molecule has 0 aliphatic rings. The van der Waals surface area contributed by atoms with Gasteiger partial charge in [-0.05, 0) is 55.0 Å². The summed E-state index contributed by atoms with van der Waals surface area (Å²) in [7, 11) is 0. The molecule has 3 aromatic carbocycles. The fourth-order valence-electron chi connectivity index (χ4n) is 3.06. The van der Waals surface area contributed by atoms with Crippen molar-refractivity contribution in [2.45, 2.75) is 13.5 Å². The minimum absolute atomic E-state index is 0.538. The van der Waals surface area contributed by atoms with Crippen molar-refractivity contribution in [1.82, 2.24) is 9.55 Å².